The van der Waals surface area contributed by atoms with Crippen LogP contribution in [0.25, 0.3) is 0 Å². The van der Waals surface area contributed by atoms with Gasteiger partial charge < -0.3 is 15.0 Å². The molecule has 0 aliphatic carbocycles. The van der Waals surface area contributed by atoms with Crippen molar-refractivity contribution in [1.82, 2.24) is 5.32 Å². The summed E-state index contributed by atoms with van der Waals surface area (Å²) in [5, 5.41) is 2.93. The molecule has 0 saturated heterocycles. The van der Waals surface area contributed by atoms with Gasteiger partial charge in [-0.1, -0.05) is 22.0 Å². The summed E-state index contributed by atoms with van der Waals surface area (Å²) in [6.07, 6.45) is 0.601. The number of carbonyl (C=O) groups excluding carboxylic acids is 2. The lowest BCUT2D eigenvalue weighted by Crippen LogP contribution is -2.51. The molecule has 0 aromatic heterocycles. The molecule has 1 N–H and O–H groups in total. The third-order valence-electron chi connectivity index (χ3n) is 3.99. The van der Waals surface area contributed by atoms with Crippen molar-refractivity contribution in [2.24, 2.45) is 5.92 Å². The molecular weight excluding hydrogens is 372 g/mol. The maximum absolute atomic E-state index is 13.1. The highest BCUT2D eigenvalue weighted by molar-refractivity contribution is 9.09. The molecule has 1 aliphatic rings. The van der Waals surface area contributed by atoms with Gasteiger partial charge in [-0.2, -0.15) is 0 Å². The zero-order valence-corrected chi connectivity index (χ0v) is 16.4. The van der Waals surface area contributed by atoms with Crippen molar-refractivity contribution in [3.63, 3.8) is 0 Å². The second-order valence-electron chi connectivity index (χ2n) is 7.01. The Balaban J connectivity index is 2.43. The number of methoxy groups -OCH3 is 1. The first-order chi connectivity index (χ1) is 11.2. The molecule has 1 aliphatic heterocycles. The van der Waals surface area contributed by atoms with E-state index in [9.17, 15) is 9.59 Å². The Bertz CT molecular complexity index is 640. The summed E-state index contributed by atoms with van der Waals surface area (Å²) in [6.45, 7) is 8.14. The molecule has 6 heteroatoms. The van der Waals surface area contributed by atoms with Crippen LogP contribution in [0.15, 0.2) is 18.2 Å². The number of benzene rings is 1. The standard InChI is InChI=1S/C18H25BrN2O3/c1-6-21-14-10-12(24-5)8-7-11(14)9-13(19)15(17(21)23)16(22)20-18(2,3)4/h7-8,10,13,15H,6,9H2,1-5H3,(H,20,22)/t13-,15+/m1/s1. The fourth-order valence-corrected chi connectivity index (χ4v) is 3.73. The van der Waals surface area contributed by atoms with Gasteiger partial charge >= 0.3 is 0 Å². The van der Waals surface area contributed by atoms with Crippen molar-refractivity contribution in [3.8, 4) is 5.75 Å². The maximum atomic E-state index is 13.1. The van der Waals surface area contributed by atoms with Crippen molar-refractivity contribution in [2.75, 3.05) is 18.6 Å². The minimum atomic E-state index is -0.762. The summed E-state index contributed by atoms with van der Waals surface area (Å²) in [5.41, 5.74) is 1.46. The number of nitrogens with one attached hydrogen (secondary N) is 1. The summed E-state index contributed by atoms with van der Waals surface area (Å²) < 4.78 is 5.29. The van der Waals surface area contributed by atoms with Crippen LogP contribution in [0.5, 0.6) is 5.75 Å². The molecule has 0 spiro atoms. The van der Waals surface area contributed by atoms with Gasteiger partial charge in [-0.05, 0) is 45.7 Å². The fraction of sp³-hybridized carbons (Fsp3) is 0.556. The second kappa shape index (κ2) is 7.13. The molecule has 0 fully saturated rings. The van der Waals surface area contributed by atoms with Gasteiger partial charge in [0.25, 0.3) is 0 Å². The molecule has 2 amide bonds. The fourth-order valence-electron chi connectivity index (χ4n) is 2.91. The van der Waals surface area contributed by atoms with Crippen molar-refractivity contribution < 1.29 is 14.3 Å². The monoisotopic (exact) mass is 396 g/mol. The SMILES string of the molecule is CCN1C(=O)[C@H](C(=O)NC(C)(C)C)[C@H](Br)Cc2ccc(OC)cc21. The molecule has 2 rings (SSSR count). The molecule has 1 aromatic rings. The lowest BCUT2D eigenvalue weighted by molar-refractivity contribution is -0.134. The zero-order valence-electron chi connectivity index (χ0n) is 14.9. The minimum Gasteiger partial charge on any atom is -0.497 e. The number of rotatable bonds is 3. The van der Waals surface area contributed by atoms with Crippen LogP contribution in [-0.2, 0) is 16.0 Å². The van der Waals surface area contributed by atoms with E-state index in [0.29, 0.717) is 18.7 Å². The van der Waals surface area contributed by atoms with E-state index in [1.807, 2.05) is 45.9 Å². The van der Waals surface area contributed by atoms with E-state index in [0.717, 1.165) is 11.3 Å². The van der Waals surface area contributed by atoms with Crippen LogP contribution in [-0.4, -0.2) is 35.8 Å². The molecule has 0 saturated carbocycles. The number of amides is 2. The van der Waals surface area contributed by atoms with E-state index in [4.69, 9.17) is 4.74 Å². The topological polar surface area (TPSA) is 58.6 Å². The van der Waals surface area contributed by atoms with Crippen LogP contribution in [0.2, 0.25) is 0 Å². The summed E-state index contributed by atoms with van der Waals surface area (Å²) in [4.78, 5) is 27.2. The Kier molecular flexibility index (Phi) is 5.58. The van der Waals surface area contributed by atoms with Gasteiger partial charge in [0.05, 0.1) is 12.8 Å². The van der Waals surface area contributed by atoms with Gasteiger partial charge in [0.1, 0.15) is 11.7 Å². The van der Waals surface area contributed by atoms with Gasteiger partial charge in [-0.3, -0.25) is 9.59 Å². The van der Waals surface area contributed by atoms with Gasteiger partial charge in [0, 0.05) is 23.0 Å². The summed E-state index contributed by atoms with van der Waals surface area (Å²) in [7, 11) is 1.60. The average molecular weight is 397 g/mol. The molecule has 0 bridgehead atoms. The van der Waals surface area contributed by atoms with Crippen LogP contribution in [0.3, 0.4) is 0 Å². The lowest BCUT2D eigenvalue weighted by Gasteiger charge is -2.28. The Morgan fingerprint density at radius 1 is 1.42 bits per heavy atom. The van der Waals surface area contributed by atoms with E-state index in [1.54, 1.807) is 12.0 Å². The van der Waals surface area contributed by atoms with E-state index in [-0.39, 0.29) is 22.2 Å². The average Bonchev–Trinajstić information content (AvgIpc) is 2.57. The van der Waals surface area contributed by atoms with Crippen molar-refractivity contribution in [1.29, 1.82) is 0 Å². The summed E-state index contributed by atoms with van der Waals surface area (Å²) in [6, 6.07) is 5.70. The Morgan fingerprint density at radius 2 is 2.08 bits per heavy atom. The molecule has 24 heavy (non-hydrogen) atoms. The molecule has 0 unspecified atom stereocenters. The molecule has 1 aromatic carbocycles. The van der Waals surface area contributed by atoms with Crippen LogP contribution < -0.4 is 15.0 Å². The van der Waals surface area contributed by atoms with Crippen LogP contribution in [0.4, 0.5) is 5.69 Å². The molecule has 2 atom stereocenters. The maximum Gasteiger partial charge on any atom is 0.240 e. The van der Waals surface area contributed by atoms with Crippen LogP contribution in [0, 0.1) is 5.92 Å². The Morgan fingerprint density at radius 3 is 2.62 bits per heavy atom. The number of hydrogen-bond donors (Lipinski definition) is 1. The zero-order chi connectivity index (χ0) is 18.1. The quantitative estimate of drug-likeness (QED) is 0.630. The Hall–Kier alpha value is -1.56. The highest BCUT2D eigenvalue weighted by Crippen LogP contribution is 2.35. The molecule has 1 heterocycles. The van der Waals surface area contributed by atoms with E-state index >= 15 is 0 Å². The molecule has 132 valence electrons. The molecular formula is C18H25BrN2O3. The molecule has 0 radical (unpaired) electrons. The van der Waals surface area contributed by atoms with Crippen molar-refractivity contribution in [3.05, 3.63) is 23.8 Å². The normalized spacial score (nSPS) is 21.1. The first-order valence-electron chi connectivity index (χ1n) is 8.12. The minimum absolute atomic E-state index is 0.187. The smallest absolute Gasteiger partial charge is 0.240 e. The Labute approximate surface area is 151 Å². The van der Waals surface area contributed by atoms with Gasteiger partial charge in [0.2, 0.25) is 11.8 Å². The first-order valence-corrected chi connectivity index (χ1v) is 9.04. The highest BCUT2D eigenvalue weighted by Gasteiger charge is 2.41. The predicted octanol–water partition coefficient (Wildman–Crippen LogP) is 2.90. The number of anilines is 1. The first kappa shape index (κ1) is 18.8. The third-order valence-corrected chi connectivity index (χ3v) is 4.84. The highest BCUT2D eigenvalue weighted by atomic mass is 79.9. The summed E-state index contributed by atoms with van der Waals surface area (Å²) in [5.74, 6) is -0.494. The second-order valence-corrected chi connectivity index (χ2v) is 8.19. The van der Waals surface area contributed by atoms with Gasteiger partial charge in [-0.15, -0.1) is 0 Å². The van der Waals surface area contributed by atoms with Crippen molar-refractivity contribution in [2.45, 2.75) is 44.5 Å². The molecule has 5 nitrogen and oxygen atoms in total. The third kappa shape index (κ3) is 3.91. The summed E-state index contributed by atoms with van der Waals surface area (Å²) >= 11 is 3.58. The number of ether oxygens (including phenoxy) is 1. The van der Waals surface area contributed by atoms with Gasteiger partial charge in [-0.25, -0.2) is 0 Å². The van der Waals surface area contributed by atoms with E-state index in [1.165, 1.54) is 0 Å². The number of fused-ring (bicyclic) bond motifs is 1. The van der Waals surface area contributed by atoms with Crippen LogP contribution in [0.1, 0.15) is 33.3 Å². The number of nitrogens with zero attached hydrogens (tertiary/aromatic N) is 1. The van der Waals surface area contributed by atoms with Gasteiger partial charge in [0.15, 0.2) is 0 Å². The number of halogens is 1. The van der Waals surface area contributed by atoms with E-state index in [2.05, 4.69) is 21.2 Å². The lowest BCUT2D eigenvalue weighted by atomic mass is 9.97. The van der Waals surface area contributed by atoms with E-state index < -0.39 is 5.92 Å². The number of alkyl halides is 1. The largest absolute Gasteiger partial charge is 0.497 e. The van der Waals surface area contributed by atoms with Crippen LogP contribution >= 0.6 is 15.9 Å². The number of hydrogen-bond acceptors (Lipinski definition) is 3. The van der Waals surface area contributed by atoms with Crippen molar-refractivity contribution >= 4 is 33.4 Å². The predicted molar refractivity (Wildman–Crippen MR) is 98.8 cm³/mol. The number of carbonyl (C=O) groups is 2.